The molecule has 2 aliphatic carbocycles. The summed E-state index contributed by atoms with van der Waals surface area (Å²) in [5, 5.41) is 8.41. The lowest BCUT2D eigenvalue weighted by Crippen LogP contribution is -2.58. The van der Waals surface area contributed by atoms with Crippen LogP contribution in [-0.2, 0) is 19.2 Å². The molecule has 0 aromatic heterocycles. The number of fused-ring (bicyclic) bond motifs is 1. The van der Waals surface area contributed by atoms with Crippen LogP contribution in [-0.4, -0.2) is 36.3 Å². The van der Waals surface area contributed by atoms with Crippen LogP contribution in [0.3, 0.4) is 0 Å². The minimum atomic E-state index is -1.13. The van der Waals surface area contributed by atoms with E-state index in [2.05, 4.69) is 10.5 Å². The molecule has 1 aromatic carbocycles. The van der Waals surface area contributed by atoms with E-state index in [0.717, 1.165) is 18.4 Å². The van der Waals surface area contributed by atoms with E-state index in [9.17, 15) is 9.59 Å². The smallest absolute Gasteiger partial charge is 0.312 e. The van der Waals surface area contributed by atoms with Crippen molar-refractivity contribution in [1.82, 2.24) is 5.32 Å². The molecular weight excluding hydrogens is 427 g/mol. The largest absolute Gasteiger partial charge is 0.469 e. The number of halogens is 2. The number of carbonyl (C=O) groups is 2. The van der Waals surface area contributed by atoms with Gasteiger partial charge in [0.15, 0.2) is 0 Å². The maximum absolute atomic E-state index is 13.6. The van der Waals surface area contributed by atoms with Gasteiger partial charge in [-0.2, -0.15) is 0 Å². The van der Waals surface area contributed by atoms with Crippen molar-refractivity contribution in [3.05, 3.63) is 46.0 Å². The Bertz CT molecular complexity index is 938. The number of nitrogens with zero attached hydrogens (tertiary/aromatic N) is 1. The van der Waals surface area contributed by atoms with E-state index in [1.54, 1.807) is 24.3 Å². The third kappa shape index (κ3) is 3.30. The summed E-state index contributed by atoms with van der Waals surface area (Å²) in [6.07, 6.45) is 5.65. The molecule has 30 heavy (non-hydrogen) atoms. The highest BCUT2D eigenvalue weighted by Crippen LogP contribution is 2.56. The second-order valence-electron chi connectivity index (χ2n) is 8.77. The first-order valence-corrected chi connectivity index (χ1v) is 10.7. The zero-order valence-electron chi connectivity index (χ0n) is 17.1. The third-order valence-corrected chi connectivity index (χ3v) is 7.01. The topological polar surface area (TPSA) is 77.0 Å². The molecule has 0 bridgehead atoms. The SMILES string of the molecule is COC(=O)[C@@H]1C=C[C@H](NC(=O)C23ON=C(c4cc(Cl)cc(Cl)c4)C2CCC3(C)C)C1. The average molecular weight is 451 g/mol. The van der Waals surface area contributed by atoms with Crippen LogP contribution >= 0.6 is 23.2 Å². The van der Waals surface area contributed by atoms with Crippen molar-refractivity contribution in [3.8, 4) is 0 Å². The minimum absolute atomic E-state index is 0.219. The van der Waals surface area contributed by atoms with Gasteiger partial charge >= 0.3 is 5.97 Å². The Morgan fingerprint density at radius 2 is 1.90 bits per heavy atom. The van der Waals surface area contributed by atoms with Crippen LogP contribution in [0.25, 0.3) is 0 Å². The van der Waals surface area contributed by atoms with Gasteiger partial charge in [-0.15, -0.1) is 0 Å². The van der Waals surface area contributed by atoms with Crippen molar-refractivity contribution in [2.45, 2.75) is 44.8 Å². The van der Waals surface area contributed by atoms with Crippen LogP contribution in [0, 0.1) is 17.3 Å². The molecule has 1 saturated carbocycles. The molecule has 6 nitrogen and oxygen atoms in total. The first-order chi connectivity index (χ1) is 14.2. The van der Waals surface area contributed by atoms with Crippen molar-refractivity contribution in [2.24, 2.45) is 22.4 Å². The van der Waals surface area contributed by atoms with Crippen LogP contribution < -0.4 is 5.32 Å². The number of hydrogen-bond acceptors (Lipinski definition) is 5. The van der Waals surface area contributed by atoms with Crippen molar-refractivity contribution >= 4 is 40.8 Å². The summed E-state index contributed by atoms with van der Waals surface area (Å²) in [4.78, 5) is 31.3. The van der Waals surface area contributed by atoms with E-state index >= 15 is 0 Å². The molecule has 2 unspecified atom stereocenters. The summed E-state index contributed by atoms with van der Waals surface area (Å²) in [6.45, 7) is 4.05. The predicted molar refractivity (Wildman–Crippen MR) is 115 cm³/mol. The molecule has 3 aliphatic rings. The molecule has 8 heteroatoms. The van der Waals surface area contributed by atoms with Crippen LogP contribution in [0.15, 0.2) is 35.5 Å². The van der Waals surface area contributed by atoms with Gasteiger partial charge in [-0.25, -0.2) is 0 Å². The van der Waals surface area contributed by atoms with Crippen molar-refractivity contribution < 1.29 is 19.2 Å². The van der Waals surface area contributed by atoms with E-state index in [1.165, 1.54) is 7.11 Å². The lowest BCUT2D eigenvalue weighted by atomic mass is 9.71. The molecule has 1 aliphatic heterocycles. The van der Waals surface area contributed by atoms with Gasteiger partial charge in [-0.1, -0.05) is 54.4 Å². The zero-order valence-corrected chi connectivity index (χ0v) is 18.6. The molecule has 0 saturated heterocycles. The molecule has 0 spiro atoms. The Morgan fingerprint density at radius 1 is 1.20 bits per heavy atom. The van der Waals surface area contributed by atoms with Gasteiger partial charge in [-0.05, 0) is 37.5 Å². The van der Waals surface area contributed by atoms with Gasteiger partial charge in [-0.3, -0.25) is 9.59 Å². The molecule has 0 radical (unpaired) electrons. The number of hydrogen-bond donors (Lipinski definition) is 1. The lowest BCUT2D eigenvalue weighted by molar-refractivity contribution is -0.161. The summed E-state index contributed by atoms with van der Waals surface area (Å²) >= 11 is 12.4. The highest BCUT2D eigenvalue weighted by molar-refractivity contribution is 6.35. The molecule has 4 rings (SSSR count). The van der Waals surface area contributed by atoms with E-state index in [1.807, 2.05) is 19.9 Å². The van der Waals surface area contributed by atoms with E-state index in [4.69, 9.17) is 32.8 Å². The van der Waals surface area contributed by atoms with Gasteiger partial charge in [0.25, 0.3) is 5.91 Å². The summed E-state index contributed by atoms with van der Waals surface area (Å²) in [5.74, 6) is -1.10. The molecule has 1 fully saturated rings. The number of esters is 1. The van der Waals surface area contributed by atoms with Crippen LogP contribution in [0.2, 0.25) is 10.0 Å². The van der Waals surface area contributed by atoms with Crippen molar-refractivity contribution in [2.75, 3.05) is 7.11 Å². The fourth-order valence-corrected chi connectivity index (χ4v) is 5.46. The van der Waals surface area contributed by atoms with Gasteiger partial charge in [0.05, 0.1) is 24.7 Å². The number of rotatable bonds is 4. The number of carbonyl (C=O) groups excluding carboxylic acids is 2. The van der Waals surface area contributed by atoms with Gasteiger partial charge in [0, 0.05) is 27.1 Å². The standard InChI is InChI=1S/C22H24Cl2N2O4/c1-21(2)7-6-17-18(13-8-14(23)11-15(24)9-13)26-30-22(17,21)20(28)25-16-5-4-12(10-16)19(27)29-3/h4-5,8-9,11-12,16-17H,6-7,10H2,1-3H3,(H,25,28)/t12-,16+,17?,22?/m1/s1. The first-order valence-electron chi connectivity index (χ1n) is 9.97. The molecule has 1 N–H and O–H groups in total. The van der Waals surface area contributed by atoms with E-state index in [0.29, 0.717) is 22.2 Å². The monoisotopic (exact) mass is 450 g/mol. The average Bonchev–Trinajstić information content (AvgIpc) is 3.35. The Morgan fingerprint density at radius 3 is 2.57 bits per heavy atom. The molecule has 1 amide bonds. The third-order valence-electron chi connectivity index (χ3n) is 6.57. The maximum Gasteiger partial charge on any atom is 0.312 e. The molecule has 1 aromatic rings. The highest BCUT2D eigenvalue weighted by atomic mass is 35.5. The first kappa shape index (κ1) is 21.2. The van der Waals surface area contributed by atoms with E-state index in [-0.39, 0.29) is 29.8 Å². The minimum Gasteiger partial charge on any atom is -0.469 e. The van der Waals surface area contributed by atoms with Gasteiger partial charge in [0.1, 0.15) is 0 Å². The predicted octanol–water partition coefficient (Wildman–Crippen LogP) is 4.14. The number of benzene rings is 1. The Labute approximate surface area is 185 Å². The van der Waals surface area contributed by atoms with E-state index < -0.39 is 11.0 Å². The molecule has 1 heterocycles. The van der Waals surface area contributed by atoms with Gasteiger partial charge < -0.3 is 14.9 Å². The summed E-state index contributed by atoms with van der Waals surface area (Å²) in [6, 6.07) is 4.97. The molecule has 4 atom stereocenters. The Balaban J connectivity index is 1.59. The van der Waals surface area contributed by atoms with Crippen LogP contribution in [0.1, 0.15) is 38.7 Å². The summed E-state index contributed by atoms with van der Waals surface area (Å²) in [5.41, 5.74) is -0.112. The van der Waals surface area contributed by atoms with Crippen LogP contribution in [0.4, 0.5) is 0 Å². The lowest BCUT2D eigenvalue weighted by Gasteiger charge is -2.38. The zero-order chi connectivity index (χ0) is 21.7. The molecule has 160 valence electrons. The Kier molecular flexibility index (Phi) is 5.35. The number of methoxy groups -OCH3 is 1. The maximum atomic E-state index is 13.6. The Hall–Kier alpha value is -2.05. The molecular formula is C22H24Cl2N2O4. The van der Waals surface area contributed by atoms with Crippen molar-refractivity contribution in [1.29, 1.82) is 0 Å². The van der Waals surface area contributed by atoms with Crippen LogP contribution in [0.5, 0.6) is 0 Å². The quantitative estimate of drug-likeness (QED) is 0.552. The normalized spacial score (nSPS) is 31.1. The second-order valence-corrected chi connectivity index (χ2v) is 9.64. The van der Waals surface area contributed by atoms with Crippen molar-refractivity contribution in [3.63, 3.8) is 0 Å². The highest BCUT2D eigenvalue weighted by Gasteiger charge is 2.67. The summed E-state index contributed by atoms with van der Waals surface area (Å²) < 4.78 is 4.80. The number of amides is 1. The fraction of sp³-hybridized carbons (Fsp3) is 0.500. The second kappa shape index (κ2) is 7.57. The number of ether oxygens (including phenoxy) is 1. The number of oxime groups is 1. The fourth-order valence-electron chi connectivity index (χ4n) is 4.94. The summed E-state index contributed by atoms with van der Waals surface area (Å²) in [7, 11) is 1.36. The number of nitrogens with one attached hydrogen (secondary N) is 1. The van der Waals surface area contributed by atoms with Gasteiger partial charge in [0.2, 0.25) is 5.60 Å².